The second kappa shape index (κ2) is 8.71. The number of methoxy groups -OCH3 is 1. The Labute approximate surface area is 164 Å². The van der Waals surface area contributed by atoms with Crippen molar-refractivity contribution in [3.05, 3.63) is 71.0 Å². The molecule has 0 saturated heterocycles. The summed E-state index contributed by atoms with van der Waals surface area (Å²) in [6, 6.07) is 15.2. The number of hydrogen-bond donors (Lipinski definition) is 2. The van der Waals surface area contributed by atoms with Crippen LogP contribution in [-0.4, -0.2) is 37.2 Å². The van der Waals surface area contributed by atoms with Crippen LogP contribution in [0.3, 0.4) is 0 Å². The number of carboxylic acid groups (broad SMARTS) is 1. The first-order chi connectivity index (χ1) is 13.5. The van der Waals surface area contributed by atoms with Gasteiger partial charge in [0, 0.05) is 12.1 Å². The number of rotatable bonds is 8. The minimum Gasteiger partial charge on any atom is -0.498 e. The number of carbonyl (C=O) groups is 2. The number of anilines is 1. The Kier molecular flexibility index (Phi) is 6.11. The normalized spacial score (nSPS) is 13.9. The lowest BCUT2D eigenvalue weighted by molar-refractivity contribution is -0.137. The fraction of sp³-hybridized carbons (Fsp3) is 0.273. The highest BCUT2D eigenvalue weighted by molar-refractivity contribution is 6.29. The average Bonchev–Trinajstić information content (AvgIpc) is 3.03. The zero-order valence-electron chi connectivity index (χ0n) is 15.9. The van der Waals surface area contributed by atoms with E-state index in [4.69, 9.17) is 15.6 Å². The summed E-state index contributed by atoms with van der Waals surface area (Å²) in [4.78, 5) is 25.6. The molecule has 0 atom stereocenters. The maximum absolute atomic E-state index is 13.1. The Balaban J connectivity index is 1.84. The summed E-state index contributed by atoms with van der Waals surface area (Å²) < 4.78 is 5.51. The molecule has 146 valence electrons. The first-order valence-electron chi connectivity index (χ1n) is 9.22. The Morgan fingerprint density at radius 3 is 2.54 bits per heavy atom. The Morgan fingerprint density at radius 1 is 1.14 bits per heavy atom. The van der Waals surface area contributed by atoms with Gasteiger partial charge in [-0.25, -0.2) is 0 Å². The van der Waals surface area contributed by atoms with Gasteiger partial charge in [-0.1, -0.05) is 36.4 Å². The van der Waals surface area contributed by atoms with Gasteiger partial charge in [0.2, 0.25) is 0 Å². The van der Waals surface area contributed by atoms with E-state index in [1.165, 1.54) is 0 Å². The molecule has 0 saturated carbocycles. The van der Waals surface area contributed by atoms with Crippen LogP contribution in [0, 0.1) is 0 Å². The molecule has 28 heavy (non-hydrogen) atoms. The smallest absolute Gasteiger partial charge is 0.303 e. The van der Waals surface area contributed by atoms with E-state index in [0.29, 0.717) is 30.8 Å². The first-order valence-corrected chi connectivity index (χ1v) is 9.22. The fourth-order valence-corrected chi connectivity index (χ4v) is 3.34. The summed E-state index contributed by atoms with van der Waals surface area (Å²) in [5, 5.41) is 8.81. The van der Waals surface area contributed by atoms with Crippen LogP contribution in [-0.2, 0) is 27.2 Å². The van der Waals surface area contributed by atoms with Crippen molar-refractivity contribution in [3.63, 3.8) is 0 Å². The minimum atomic E-state index is -0.827. The molecule has 0 aromatic heterocycles. The van der Waals surface area contributed by atoms with Crippen LogP contribution in [0.5, 0.6) is 0 Å². The predicted octanol–water partition coefficient (Wildman–Crippen LogP) is 2.61. The molecule has 1 aliphatic rings. The second-order valence-corrected chi connectivity index (χ2v) is 6.69. The van der Waals surface area contributed by atoms with E-state index < -0.39 is 5.97 Å². The van der Waals surface area contributed by atoms with Gasteiger partial charge in [-0.15, -0.1) is 0 Å². The van der Waals surface area contributed by atoms with Crippen molar-refractivity contribution in [3.8, 4) is 0 Å². The van der Waals surface area contributed by atoms with Crippen LogP contribution >= 0.6 is 0 Å². The van der Waals surface area contributed by atoms with E-state index in [1.807, 2.05) is 48.5 Å². The molecule has 6 heteroatoms. The van der Waals surface area contributed by atoms with Gasteiger partial charge in [-0.3, -0.25) is 9.59 Å². The number of carbonyl (C=O) groups excluding carboxylic acids is 1. The third-order valence-corrected chi connectivity index (χ3v) is 4.81. The van der Waals surface area contributed by atoms with Crippen LogP contribution in [0.2, 0.25) is 0 Å². The molecule has 0 fully saturated rings. The molecule has 0 aliphatic carbocycles. The lowest BCUT2D eigenvalue weighted by atomic mass is 10.0. The zero-order chi connectivity index (χ0) is 20.1. The lowest BCUT2D eigenvalue weighted by Crippen LogP contribution is -2.26. The van der Waals surface area contributed by atoms with E-state index in [2.05, 4.69) is 0 Å². The number of nitrogens with zero attached hydrogens (tertiary/aromatic N) is 1. The van der Waals surface area contributed by atoms with Gasteiger partial charge in [-0.05, 0) is 48.2 Å². The lowest BCUT2D eigenvalue weighted by Gasteiger charge is -2.17. The highest BCUT2D eigenvalue weighted by Gasteiger charge is 2.33. The Bertz CT molecular complexity index is 903. The van der Waals surface area contributed by atoms with Crippen LogP contribution in [0.25, 0.3) is 5.57 Å². The molecule has 0 radical (unpaired) electrons. The van der Waals surface area contributed by atoms with Gasteiger partial charge in [-0.2, -0.15) is 0 Å². The van der Waals surface area contributed by atoms with E-state index >= 15 is 0 Å². The number of aryl methyl sites for hydroxylation is 1. The summed E-state index contributed by atoms with van der Waals surface area (Å²) >= 11 is 0. The zero-order valence-corrected chi connectivity index (χ0v) is 15.9. The molecular weight excluding hydrogens is 356 g/mol. The molecule has 2 aromatic rings. The van der Waals surface area contributed by atoms with Gasteiger partial charge >= 0.3 is 5.97 Å². The van der Waals surface area contributed by atoms with Gasteiger partial charge in [0.1, 0.15) is 5.76 Å². The van der Waals surface area contributed by atoms with E-state index in [9.17, 15) is 9.59 Å². The minimum absolute atomic E-state index is 0.0806. The Hall–Kier alpha value is -3.12. The maximum Gasteiger partial charge on any atom is 0.303 e. The predicted molar refractivity (Wildman–Crippen MR) is 108 cm³/mol. The van der Waals surface area contributed by atoms with Crippen molar-refractivity contribution in [1.82, 2.24) is 0 Å². The fourth-order valence-electron chi connectivity index (χ4n) is 3.34. The monoisotopic (exact) mass is 380 g/mol. The standard InChI is InChI=1S/C22H24N2O4/c1-28-19-14-24(18-4-2-3-16(13-18)11-12-23)22(27)21(19)17-8-5-15(6-9-17)7-10-20(25)26/h2-6,8-9,13H,7,10-12,14,23H2,1H3,(H,25,26). The molecule has 6 nitrogen and oxygen atoms in total. The summed E-state index contributed by atoms with van der Waals surface area (Å²) in [6.45, 7) is 0.927. The van der Waals surface area contributed by atoms with Crippen molar-refractivity contribution in [2.24, 2.45) is 5.73 Å². The van der Waals surface area contributed by atoms with Crippen molar-refractivity contribution in [2.75, 3.05) is 25.1 Å². The van der Waals surface area contributed by atoms with Crippen molar-refractivity contribution in [2.45, 2.75) is 19.3 Å². The number of benzene rings is 2. The highest BCUT2D eigenvalue weighted by atomic mass is 16.5. The van der Waals surface area contributed by atoms with Crippen LogP contribution < -0.4 is 10.6 Å². The van der Waals surface area contributed by atoms with Crippen molar-refractivity contribution in [1.29, 1.82) is 0 Å². The van der Waals surface area contributed by atoms with Crippen LogP contribution in [0.4, 0.5) is 5.69 Å². The number of aliphatic carboxylic acids is 1. The molecule has 3 N–H and O–H groups in total. The molecule has 3 rings (SSSR count). The number of ether oxygens (including phenoxy) is 1. The van der Waals surface area contributed by atoms with Crippen LogP contribution in [0.15, 0.2) is 54.3 Å². The summed E-state index contributed by atoms with van der Waals surface area (Å²) in [5.41, 5.74) is 9.77. The molecule has 2 aromatic carbocycles. The number of nitrogens with two attached hydrogens (primary N) is 1. The summed E-state index contributed by atoms with van der Waals surface area (Å²) in [6.07, 6.45) is 1.29. The second-order valence-electron chi connectivity index (χ2n) is 6.69. The number of amides is 1. The average molecular weight is 380 g/mol. The van der Waals surface area contributed by atoms with Gasteiger partial charge in [0.25, 0.3) is 5.91 Å². The molecule has 1 aliphatic heterocycles. The number of hydrogen-bond acceptors (Lipinski definition) is 4. The van der Waals surface area contributed by atoms with E-state index in [0.717, 1.165) is 28.8 Å². The highest BCUT2D eigenvalue weighted by Crippen LogP contribution is 2.32. The molecule has 0 bridgehead atoms. The quantitative estimate of drug-likeness (QED) is 0.734. The van der Waals surface area contributed by atoms with E-state index in [-0.39, 0.29) is 12.3 Å². The van der Waals surface area contributed by atoms with Crippen LogP contribution in [0.1, 0.15) is 23.1 Å². The SMILES string of the molecule is COC1=C(c2ccc(CCC(=O)O)cc2)C(=O)N(c2cccc(CCN)c2)C1. The van der Waals surface area contributed by atoms with Gasteiger partial charge in [0.05, 0.1) is 19.2 Å². The molecule has 1 heterocycles. The van der Waals surface area contributed by atoms with Crippen molar-refractivity contribution >= 4 is 23.1 Å². The summed E-state index contributed by atoms with van der Waals surface area (Å²) in [5.74, 6) is -0.320. The summed E-state index contributed by atoms with van der Waals surface area (Å²) in [7, 11) is 1.57. The first kappa shape index (κ1) is 19.6. The van der Waals surface area contributed by atoms with E-state index in [1.54, 1.807) is 12.0 Å². The largest absolute Gasteiger partial charge is 0.498 e. The molecule has 0 unspecified atom stereocenters. The topological polar surface area (TPSA) is 92.9 Å². The molecule has 1 amide bonds. The van der Waals surface area contributed by atoms with Gasteiger partial charge < -0.3 is 20.5 Å². The number of carboxylic acids is 1. The molecule has 0 spiro atoms. The maximum atomic E-state index is 13.1. The third kappa shape index (κ3) is 4.23. The third-order valence-electron chi connectivity index (χ3n) is 4.81. The van der Waals surface area contributed by atoms with Gasteiger partial charge in [0.15, 0.2) is 0 Å². The molecular formula is C22H24N2O4. The Morgan fingerprint density at radius 2 is 1.89 bits per heavy atom. The van der Waals surface area contributed by atoms with Crippen molar-refractivity contribution < 1.29 is 19.4 Å².